The summed E-state index contributed by atoms with van der Waals surface area (Å²) in [5, 5.41) is 35.5. The molecule has 6 N–H and O–H groups in total. The molecule has 5 aliphatic rings. The molecular formula is C50H70F2N8O6. The maximum absolute atomic E-state index is 13.8. The molecule has 5 heterocycles. The van der Waals surface area contributed by atoms with Crippen molar-refractivity contribution in [3.63, 3.8) is 0 Å². The highest BCUT2D eigenvalue weighted by Crippen LogP contribution is 2.30. The number of fused-ring (bicyclic) bond motifs is 2. The third kappa shape index (κ3) is 14.7. The molecule has 2 saturated carbocycles. The van der Waals surface area contributed by atoms with E-state index in [1.54, 1.807) is 30.6 Å². The fraction of sp³-hybridized carbons (Fsp3) is 0.600. The van der Waals surface area contributed by atoms with Gasteiger partial charge in [-0.3, -0.25) is 19.4 Å². The molecule has 0 bridgehead atoms. The summed E-state index contributed by atoms with van der Waals surface area (Å²) in [6, 6.07) is 13.3. The van der Waals surface area contributed by atoms with E-state index in [-0.39, 0.29) is 36.6 Å². The molecule has 2 aliphatic carbocycles. The van der Waals surface area contributed by atoms with Gasteiger partial charge in [0.25, 0.3) is 0 Å². The van der Waals surface area contributed by atoms with Crippen LogP contribution >= 0.6 is 0 Å². The summed E-state index contributed by atoms with van der Waals surface area (Å²) in [4.78, 5) is 39.8. The quantitative estimate of drug-likeness (QED) is 0.0859. The first-order valence-electron chi connectivity index (χ1n) is 24.2. The van der Waals surface area contributed by atoms with Crippen molar-refractivity contribution in [1.82, 2.24) is 25.1 Å². The van der Waals surface area contributed by atoms with Crippen molar-refractivity contribution >= 4 is 45.1 Å². The Labute approximate surface area is 387 Å². The monoisotopic (exact) mass is 917 g/mol. The standard InChI is InChI=1S/C25H35FN4O3.C16H18FN3O.C9H17NO2/c26-20-7-6-18-8-9-27-25(22(18)14-20)30-12-10-29(11-13-30)17-21(31)16-28-23(15-24(32)33)19-4-2-1-3-5-19;17-13-2-1-12-3-4-18-16(15(12)9-13)20-7-5-19(6-8-20)10-14-11-21-14;10-8(6-9(11)12)7-4-2-1-3-5-7/h6-9,14,19,21,23,28,31H,1-5,10-13,15-17H2,(H,32,33);1-4,9,14H,5-8,10-11H2;7-8H,1-6,10H2,(H,11,12)/t21-,23?;;/m0../s1. The number of aliphatic hydroxyl groups is 1. The lowest BCUT2D eigenvalue weighted by molar-refractivity contribution is -0.139. The number of hydrogen-bond donors (Lipinski definition) is 5. The fourth-order valence-electron chi connectivity index (χ4n) is 10.2. The van der Waals surface area contributed by atoms with Gasteiger partial charge < -0.3 is 40.9 Å². The second-order valence-electron chi connectivity index (χ2n) is 18.9. The van der Waals surface area contributed by atoms with Crippen LogP contribution in [-0.2, 0) is 14.3 Å². The Morgan fingerprint density at radius 1 is 0.697 bits per heavy atom. The number of nitrogens with one attached hydrogen (secondary N) is 1. The van der Waals surface area contributed by atoms with Gasteiger partial charge in [-0.1, -0.05) is 50.7 Å². The zero-order valence-electron chi connectivity index (χ0n) is 38.3. The summed E-state index contributed by atoms with van der Waals surface area (Å²) in [6.07, 6.45) is 15.3. The number of nitrogens with zero attached hydrogens (tertiary/aromatic N) is 6. The lowest BCUT2D eigenvalue weighted by Gasteiger charge is -2.37. The zero-order valence-corrected chi connectivity index (χ0v) is 38.3. The highest BCUT2D eigenvalue weighted by Gasteiger charge is 2.29. The largest absolute Gasteiger partial charge is 0.481 e. The Hall–Kier alpha value is -4.58. The number of rotatable bonds is 15. The first-order chi connectivity index (χ1) is 32.0. The third-order valence-corrected chi connectivity index (χ3v) is 14.0. The zero-order chi connectivity index (χ0) is 46.4. The molecule has 66 heavy (non-hydrogen) atoms. The second-order valence-corrected chi connectivity index (χ2v) is 18.9. The number of piperazine rings is 2. The minimum Gasteiger partial charge on any atom is -0.481 e. The van der Waals surface area contributed by atoms with E-state index in [0.29, 0.717) is 31.0 Å². The molecule has 3 unspecified atom stereocenters. The van der Waals surface area contributed by atoms with E-state index in [9.17, 15) is 28.6 Å². The molecule has 2 aromatic heterocycles. The van der Waals surface area contributed by atoms with Crippen molar-refractivity contribution in [2.24, 2.45) is 17.6 Å². The second kappa shape index (κ2) is 24.4. The SMILES string of the molecule is Fc1ccc2ccnc(N3CCN(CC4CO4)CC3)c2c1.NC(CC(=O)O)C1CCCCC1.O=C(O)CC(NC[C@H](O)CN1CCN(c2nccc3ccc(F)cc23)CC1)C1CCCCC1. The van der Waals surface area contributed by atoms with Crippen molar-refractivity contribution in [2.75, 3.05) is 88.4 Å². The maximum Gasteiger partial charge on any atom is 0.304 e. The van der Waals surface area contributed by atoms with Crippen LogP contribution in [0.5, 0.6) is 0 Å². The number of aliphatic hydroxyl groups excluding tert-OH is 1. The van der Waals surface area contributed by atoms with Crippen LogP contribution in [0.2, 0.25) is 0 Å². The van der Waals surface area contributed by atoms with Gasteiger partial charge in [0.15, 0.2) is 0 Å². The van der Waals surface area contributed by atoms with Crippen LogP contribution in [0.3, 0.4) is 0 Å². The van der Waals surface area contributed by atoms with Crippen LogP contribution in [0.1, 0.15) is 77.0 Å². The average molecular weight is 917 g/mol. The van der Waals surface area contributed by atoms with Gasteiger partial charge in [0.1, 0.15) is 23.3 Å². The number of carboxylic acids is 2. The molecule has 0 spiro atoms. The molecule has 0 amide bonds. The van der Waals surface area contributed by atoms with Gasteiger partial charge in [0.05, 0.1) is 31.7 Å². The van der Waals surface area contributed by atoms with Crippen molar-refractivity contribution in [2.45, 2.75) is 101 Å². The highest BCUT2D eigenvalue weighted by molar-refractivity contribution is 5.93. The molecule has 4 atom stereocenters. The van der Waals surface area contributed by atoms with E-state index in [4.69, 9.17) is 15.6 Å². The first kappa shape index (κ1) is 49.3. The summed E-state index contributed by atoms with van der Waals surface area (Å²) < 4.78 is 32.6. The van der Waals surface area contributed by atoms with Crippen molar-refractivity contribution in [3.05, 3.63) is 72.6 Å². The minimum atomic E-state index is -0.786. The number of benzene rings is 2. The molecule has 5 fully saturated rings. The fourth-order valence-corrected chi connectivity index (χ4v) is 10.2. The number of ether oxygens (including phenoxy) is 1. The maximum atomic E-state index is 13.8. The number of carboxylic acid groups (broad SMARTS) is 2. The Morgan fingerprint density at radius 2 is 1.18 bits per heavy atom. The van der Waals surface area contributed by atoms with E-state index in [1.807, 2.05) is 18.2 Å². The molecule has 3 aliphatic heterocycles. The van der Waals surface area contributed by atoms with E-state index >= 15 is 0 Å². The summed E-state index contributed by atoms with van der Waals surface area (Å²) >= 11 is 0. The van der Waals surface area contributed by atoms with Gasteiger partial charge in [0.2, 0.25) is 0 Å². The average Bonchev–Trinajstić information content (AvgIpc) is 4.15. The van der Waals surface area contributed by atoms with Crippen LogP contribution in [-0.4, -0.2) is 150 Å². The number of anilines is 2. The molecule has 360 valence electrons. The normalized spacial score (nSPS) is 21.3. The number of halogens is 2. The van der Waals surface area contributed by atoms with Crippen LogP contribution in [0.25, 0.3) is 21.5 Å². The van der Waals surface area contributed by atoms with Crippen molar-refractivity contribution in [1.29, 1.82) is 0 Å². The van der Waals surface area contributed by atoms with Crippen LogP contribution in [0, 0.1) is 23.5 Å². The van der Waals surface area contributed by atoms with E-state index in [2.05, 4.69) is 34.9 Å². The number of aromatic nitrogens is 2. The van der Waals surface area contributed by atoms with Crippen LogP contribution in [0.4, 0.5) is 20.4 Å². The minimum absolute atomic E-state index is 0.0767. The number of aliphatic carboxylic acids is 2. The topological polar surface area (TPSA) is 184 Å². The van der Waals surface area contributed by atoms with Crippen LogP contribution < -0.4 is 20.9 Å². The molecule has 9 rings (SSSR count). The lowest BCUT2D eigenvalue weighted by Crippen LogP contribution is -2.51. The molecule has 4 aromatic rings. The van der Waals surface area contributed by atoms with Gasteiger partial charge in [0, 0.05) is 107 Å². The molecule has 3 saturated heterocycles. The Morgan fingerprint density at radius 3 is 1.67 bits per heavy atom. The first-order valence-corrected chi connectivity index (χ1v) is 24.2. The molecule has 2 aromatic carbocycles. The van der Waals surface area contributed by atoms with E-state index in [1.165, 1.54) is 37.8 Å². The number of carbonyl (C=O) groups is 2. The van der Waals surface area contributed by atoms with E-state index < -0.39 is 18.0 Å². The smallest absolute Gasteiger partial charge is 0.304 e. The molecule has 0 radical (unpaired) electrons. The Bertz CT molecular complexity index is 2160. The van der Waals surface area contributed by atoms with Crippen molar-refractivity contribution in [3.8, 4) is 0 Å². The number of epoxide rings is 1. The predicted molar refractivity (Wildman–Crippen MR) is 254 cm³/mol. The molecule has 16 heteroatoms. The van der Waals surface area contributed by atoms with Gasteiger partial charge >= 0.3 is 11.9 Å². The van der Waals surface area contributed by atoms with Gasteiger partial charge in [-0.2, -0.15) is 0 Å². The van der Waals surface area contributed by atoms with Gasteiger partial charge in [-0.05, 0) is 84.7 Å². The Balaban J connectivity index is 0.000000166. The highest BCUT2D eigenvalue weighted by atomic mass is 19.1. The third-order valence-electron chi connectivity index (χ3n) is 14.0. The van der Waals surface area contributed by atoms with Gasteiger partial charge in [-0.25, -0.2) is 18.7 Å². The molecule has 14 nitrogen and oxygen atoms in total. The Kier molecular flexibility index (Phi) is 18.3. The number of nitrogens with two attached hydrogens (primary N) is 1. The lowest BCUT2D eigenvalue weighted by atomic mass is 9.82. The summed E-state index contributed by atoms with van der Waals surface area (Å²) in [5.74, 6) is 0.506. The number of pyridine rings is 2. The number of β-amino-alcohol motifs (C(OH)–C–C–N with tert-alkyl or cyclic N) is 1. The predicted octanol–water partition coefficient (Wildman–Crippen LogP) is 6.13. The molecular weight excluding hydrogens is 847 g/mol. The summed E-state index contributed by atoms with van der Waals surface area (Å²) in [6.45, 7) is 9.83. The van der Waals surface area contributed by atoms with Crippen LogP contribution in [0.15, 0.2) is 60.9 Å². The van der Waals surface area contributed by atoms with E-state index in [0.717, 1.165) is 137 Å². The summed E-state index contributed by atoms with van der Waals surface area (Å²) in [5.41, 5.74) is 5.77. The number of hydrogen-bond acceptors (Lipinski definition) is 12. The summed E-state index contributed by atoms with van der Waals surface area (Å²) in [7, 11) is 0. The van der Waals surface area contributed by atoms with Gasteiger partial charge in [-0.15, -0.1) is 0 Å². The van der Waals surface area contributed by atoms with Crippen molar-refractivity contribution < 1.29 is 38.4 Å².